The largest absolute Gasteiger partial charge is 0.336 e. The van der Waals surface area contributed by atoms with Crippen LogP contribution in [0.25, 0.3) is 0 Å². The Morgan fingerprint density at radius 2 is 2.67 bits per heavy atom. The van der Waals surface area contributed by atoms with Gasteiger partial charge in [0.05, 0.1) is 6.20 Å². The van der Waals surface area contributed by atoms with Gasteiger partial charge >= 0.3 is 0 Å². The van der Waals surface area contributed by atoms with Crippen molar-refractivity contribution in [2.24, 2.45) is 4.99 Å². The van der Waals surface area contributed by atoms with Gasteiger partial charge in [0.15, 0.2) is 0 Å². The van der Waals surface area contributed by atoms with Crippen molar-refractivity contribution in [2.45, 2.75) is 13.3 Å². The van der Waals surface area contributed by atoms with E-state index >= 15 is 0 Å². The zero-order valence-corrected chi connectivity index (χ0v) is 5.29. The Kier molecular flexibility index (Phi) is 1.63. The van der Waals surface area contributed by atoms with Gasteiger partial charge in [0.1, 0.15) is 0 Å². The minimum Gasteiger partial charge on any atom is -0.336 e. The molecule has 0 spiro atoms. The van der Waals surface area contributed by atoms with Gasteiger partial charge in [-0.05, 0) is 13.1 Å². The van der Waals surface area contributed by atoms with Crippen LogP contribution in [-0.2, 0) is 6.42 Å². The molecule has 1 aromatic heterocycles. The Hall–Kier alpha value is -1.12. The topological polar surface area (TPSA) is 38.4 Å². The lowest BCUT2D eigenvalue weighted by Gasteiger charge is -1.84. The highest BCUT2D eigenvalue weighted by Gasteiger charge is 2.00. The lowest BCUT2D eigenvalue weighted by Crippen LogP contribution is -1.71. The molecule has 0 aliphatic carbocycles. The van der Waals surface area contributed by atoms with Crippen LogP contribution < -0.4 is 0 Å². The summed E-state index contributed by atoms with van der Waals surface area (Å²) in [6, 6.07) is 0. The van der Waals surface area contributed by atoms with Gasteiger partial charge in [-0.1, -0.05) is 12.1 Å². The maximum absolute atomic E-state index is 4.73. The van der Waals surface area contributed by atoms with Crippen molar-refractivity contribution in [3.63, 3.8) is 0 Å². The molecule has 0 aliphatic heterocycles. The first-order valence-electron chi connectivity index (χ1n) is 2.78. The van der Waals surface area contributed by atoms with E-state index in [-0.39, 0.29) is 0 Å². The van der Waals surface area contributed by atoms with Crippen LogP contribution in [0, 0.1) is 0 Å². The number of hydrogen-bond acceptors (Lipinski definition) is 3. The fourth-order valence-electron chi connectivity index (χ4n) is 0.627. The van der Waals surface area contributed by atoms with Crippen LogP contribution in [0.4, 0.5) is 5.88 Å². The first kappa shape index (κ1) is 6.01. The van der Waals surface area contributed by atoms with Crippen LogP contribution in [-0.4, -0.2) is 11.9 Å². The van der Waals surface area contributed by atoms with Crippen molar-refractivity contribution in [3.8, 4) is 0 Å². The van der Waals surface area contributed by atoms with E-state index in [0.29, 0.717) is 5.88 Å². The van der Waals surface area contributed by atoms with Gasteiger partial charge in [0.2, 0.25) is 0 Å². The van der Waals surface area contributed by atoms with Gasteiger partial charge in [0.25, 0.3) is 5.88 Å². The highest BCUT2D eigenvalue weighted by molar-refractivity contribution is 5.41. The van der Waals surface area contributed by atoms with Crippen molar-refractivity contribution in [1.82, 2.24) is 5.16 Å². The summed E-state index contributed by atoms with van der Waals surface area (Å²) in [6.07, 6.45) is 2.54. The summed E-state index contributed by atoms with van der Waals surface area (Å²) < 4.78 is 4.73. The number of rotatable bonds is 2. The van der Waals surface area contributed by atoms with Crippen molar-refractivity contribution >= 4 is 12.6 Å². The third-order valence-corrected chi connectivity index (χ3v) is 1.15. The molecular weight excluding hydrogens is 116 g/mol. The van der Waals surface area contributed by atoms with E-state index in [4.69, 9.17) is 4.52 Å². The maximum Gasteiger partial charge on any atom is 0.252 e. The van der Waals surface area contributed by atoms with E-state index in [1.54, 1.807) is 6.20 Å². The Labute approximate surface area is 53.4 Å². The summed E-state index contributed by atoms with van der Waals surface area (Å²) >= 11 is 0. The second-order valence-electron chi connectivity index (χ2n) is 1.67. The van der Waals surface area contributed by atoms with Crippen molar-refractivity contribution in [1.29, 1.82) is 0 Å². The summed E-state index contributed by atoms with van der Waals surface area (Å²) in [7, 11) is 0. The molecular formula is C6H8N2O. The summed E-state index contributed by atoms with van der Waals surface area (Å²) in [5.41, 5.74) is 1.00. The minimum atomic E-state index is 0.539. The maximum atomic E-state index is 4.73. The van der Waals surface area contributed by atoms with Crippen LogP contribution in [0.5, 0.6) is 0 Å². The minimum absolute atomic E-state index is 0.539. The molecule has 0 saturated heterocycles. The zero-order chi connectivity index (χ0) is 6.69. The number of aliphatic imine (C=N–C) groups is 1. The molecule has 0 atom stereocenters. The summed E-state index contributed by atoms with van der Waals surface area (Å²) in [5, 5.41) is 3.56. The van der Waals surface area contributed by atoms with E-state index in [1.807, 2.05) is 6.92 Å². The van der Waals surface area contributed by atoms with Crippen LogP contribution in [0.1, 0.15) is 12.5 Å². The first-order valence-corrected chi connectivity index (χ1v) is 2.78. The summed E-state index contributed by atoms with van der Waals surface area (Å²) in [4.78, 5) is 3.62. The molecule has 9 heavy (non-hydrogen) atoms. The Morgan fingerprint density at radius 1 is 1.89 bits per heavy atom. The van der Waals surface area contributed by atoms with Crippen molar-refractivity contribution in [2.75, 3.05) is 0 Å². The van der Waals surface area contributed by atoms with E-state index in [0.717, 1.165) is 12.0 Å². The monoisotopic (exact) mass is 124 g/mol. The van der Waals surface area contributed by atoms with Crippen LogP contribution in [0.15, 0.2) is 15.7 Å². The molecule has 48 valence electrons. The molecule has 0 amide bonds. The molecule has 0 bridgehead atoms. The van der Waals surface area contributed by atoms with Crippen LogP contribution in [0.2, 0.25) is 0 Å². The Bertz CT molecular complexity index is 205. The lowest BCUT2D eigenvalue weighted by molar-refractivity contribution is 0.430. The molecule has 0 fully saturated rings. The molecule has 1 heterocycles. The Balaban J connectivity index is 2.98. The Morgan fingerprint density at radius 3 is 3.11 bits per heavy atom. The third-order valence-electron chi connectivity index (χ3n) is 1.15. The quantitative estimate of drug-likeness (QED) is 0.561. The first-order chi connectivity index (χ1) is 4.38. The van der Waals surface area contributed by atoms with E-state index in [1.165, 1.54) is 0 Å². The number of hydrogen-bond donors (Lipinski definition) is 0. The predicted molar refractivity (Wildman–Crippen MR) is 35.1 cm³/mol. The average Bonchev–Trinajstić information content (AvgIpc) is 2.33. The molecule has 3 heteroatoms. The zero-order valence-electron chi connectivity index (χ0n) is 5.29. The van der Waals surface area contributed by atoms with Gasteiger partial charge in [-0.2, -0.15) is 0 Å². The average molecular weight is 124 g/mol. The van der Waals surface area contributed by atoms with Gasteiger partial charge in [-0.15, -0.1) is 0 Å². The molecule has 1 rings (SSSR count). The molecule has 0 aliphatic rings. The fraction of sp³-hybridized carbons (Fsp3) is 0.333. The van der Waals surface area contributed by atoms with Gasteiger partial charge in [-0.25, -0.2) is 4.99 Å². The summed E-state index contributed by atoms with van der Waals surface area (Å²) in [6.45, 7) is 5.34. The highest BCUT2D eigenvalue weighted by atomic mass is 16.5. The highest BCUT2D eigenvalue weighted by Crippen LogP contribution is 2.16. The number of nitrogens with zero attached hydrogens (tertiary/aromatic N) is 2. The molecule has 0 unspecified atom stereocenters. The van der Waals surface area contributed by atoms with E-state index < -0.39 is 0 Å². The SMILES string of the molecule is C=Nc1oncc1CC. The molecule has 1 aromatic rings. The molecule has 0 saturated carbocycles. The van der Waals surface area contributed by atoms with Crippen molar-refractivity contribution < 1.29 is 4.52 Å². The fourth-order valence-corrected chi connectivity index (χ4v) is 0.627. The van der Waals surface area contributed by atoms with Gasteiger partial charge in [0, 0.05) is 5.56 Å². The molecule has 3 nitrogen and oxygen atoms in total. The molecule has 0 aromatic carbocycles. The third kappa shape index (κ3) is 0.988. The van der Waals surface area contributed by atoms with Gasteiger partial charge in [-0.3, -0.25) is 0 Å². The standard InChI is InChI=1S/C6H8N2O/c1-3-5-4-8-9-6(5)7-2/h4H,2-3H2,1H3. The second kappa shape index (κ2) is 2.44. The number of aromatic nitrogens is 1. The van der Waals surface area contributed by atoms with Gasteiger partial charge < -0.3 is 4.52 Å². The smallest absolute Gasteiger partial charge is 0.252 e. The molecule has 0 radical (unpaired) electrons. The summed E-state index contributed by atoms with van der Waals surface area (Å²) in [5.74, 6) is 0.539. The van der Waals surface area contributed by atoms with Crippen LogP contribution >= 0.6 is 0 Å². The van der Waals surface area contributed by atoms with Crippen molar-refractivity contribution in [3.05, 3.63) is 11.8 Å². The lowest BCUT2D eigenvalue weighted by atomic mass is 10.3. The predicted octanol–water partition coefficient (Wildman–Crippen LogP) is 1.57. The van der Waals surface area contributed by atoms with E-state index in [2.05, 4.69) is 16.9 Å². The normalized spacial score (nSPS) is 9.44. The molecule has 0 N–H and O–H groups in total. The number of aryl methyl sites for hydroxylation is 1. The van der Waals surface area contributed by atoms with E-state index in [9.17, 15) is 0 Å². The second-order valence-corrected chi connectivity index (χ2v) is 1.67. The van der Waals surface area contributed by atoms with Crippen LogP contribution in [0.3, 0.4) is 0 Å².